The number of carbonyl (C=O) groups is 1. The first-order valence-electron chi connectivity index (χ1n) is 3.30. The molecular formula is C8H12NO2. The van der Waals surface area contributed by atoms with Crippen LogP contribution in [0.25, 0.3) is 0 Å². The minimum Gasteiger partial charge on any atom is -0.451 e. The molecule has 1 N–H and O–H groups in total. The molecule has 0 aliphatic heterocycles. The van der Waals surface area contributed by atoms with Crippen LogP contribution in [0.15, 0.2) is 0 Å². The summed E-state index contributed by atoms with van der Waals surface area (Å²) in [5, 5.41) is 0. The van der Waals surface area contributed by atoms with Gasteiger partial charge in [-0.15, -0.1) is 5.92 Å². The Morgan fingerprint density at radius 1 is 1.64 bits per heavy atom. The van der Waals surface area contributed by atoms with Gasteiger partial charge < -0.3 is 4.74 Å². The summed E-state index contributed by atoms with van der Waals surface area (Å²) in [6.07, 6.45) is 0. The Labute approximate surface area is 66.9 Å². The first kappa shape index (κ1) is 9.99. The zero-order valence-electron chi connectivity index (χ0n) is 7.02. The monoisotopic (exact) mass is 154 g/mol. The molecule has 0 aromatic carbocycles. The number of esters is 1. The predicted octanol–water partition coefficient (Wildman–Crippen LogP) is 0.614. The van der Waals surface area contributed by atoms with Crippen molar-refractivity contribution in [3.8, 4) is 11.8 Å². The highest BCUT2D eigenvalue weighted by Gasteiger charge is 2.24. The molecule has 0 saturated carbocycles. The summed E-state index contributed by atoms with van der Waals surface area (Å²) >= 11 is 0. The lowest BCUT2D eigenvalue weighted by atomic mass is 10.1. The lowest BCUT2D eigenvalue weighted by Crippen LogP contribution is -2.35. The molecule has 0 saturated heterocycles. The van der Waals surface area contributed by atoms with E-state index in [1.165, 1.54) is 13.8 Å². The number of hydrogen-bond donors (Lipinski definition) is 0. The van der Waals surface area contributed by atoms with Gasteiger partial charge in [0.1, 0.15) is 5.54 Å². The summed E-state index contributed by atoms with van der Waals surface area (Å²) in [4.78, 5) is 10.9. The molecule has 3 heteroatoms. The average Bonchev–Trinajstić information content (AvgIpc) is 1.86. The Hall–Kier alpha value is -1.01. The predicted molar refractivity (Wildman–Crippen MR) is 41.6 cm³/mol. The minimum atomic E-state index is -1.17. The molecule has 0 fully saturated rings. The maximum Gasteiger partial charge on any atom is 0.328 e. The molecule has 11 heavy (non-hydrogen) atoms. The Bertz CT molecular complexity index is 192. The smallest absolute Gasteiger partial charge is 0.328 e. The van der Waals surface area contributed by atoms with Gasteiger partial charge in [-0.2, -0.15) is 0 Å². The van der Waals surface area contributed by atoms with E-state index in [-0.39, 0.29) is 6.61 Å². The van der Waals surface area contributed by atoms with Crippen LogP contribution in [0.3, 0.4) is 0 Å². The number of nitrogens with one attached hydrogen (secondary N) is 1. The van der Waals surface area contributed by atoms with Crippen molar-refractivity contribution in [1.29, 1.82) is 0 Å². The van der Waals surface area contributed by atoms with Gasteiger partial charge in [0, 0.05) is 0 Å². The molecule has 0 amide bonds. The molecule has 0 aromatic rings. The van der Waals surface area contributed by atoms with Gasteiger partial charge in [0.15, 0.2) is 6.61 Å². The fourth-order valence-corrected chi connectivity index (χ4v) is 0.354. The van der Waals surface area contributed by atoms with Crippen LogP contribution in [-0.4, -0.2) is 18.1 Å². The van der Waals surface area contributed by atoms with Crippen molar-refractivity contribution in [2.45, 2.75) is 26.3 Å². The van der Waals surface area contributed by atoms with E-state index < -0.39 is 11.5 Å². The van der Waals surface area contributed by atoms with Gasteiger partial charge in [-0.25, -0.2) is 10.5 Å². The van der Waals surface area contributed by atoms with Gasteiger partial charge in [0.05, 0.1) is 0 Å². The van der Waals surface area contributed by atoms with Crippen molar-refractivity contribution >= 4 is 5.97 Å². The van der Waals surface area contributed by atoms with Gasteiger partial charge >= 0.3 is 5.97 Å². The van der Waals surface area contributed by atoms with Gasteiger partial charge in [-0.05, 0) is 20.8 Å². The van der Waals surface area contributed by atoms with E-state index in [1.807, 2.05) is 0 Å². The van der Waals surface area contributed by atoms with Crippen LogP contribution in [0.1, 0.15) is 20.8 Å². The summed E-state index contributed by atoms with van der Waals surface area (Å²) in [6, 6.07) is 0. The van der Waals surface area contributed by atoms with E-state index in [0.717, 1.165) is 0 Å². The molecule has 0 spiro atoms. The standard InChI is InChI=1S/C8H12NO2/c1-4-5-6-11-7(10)8(2,3)9/h9H,6H2,1-3H3. The Morgan fingerprint density at radius 3 is 2.55 bits per heavy atom. The van der Waals surface area contributed by atoms with E-state index >= 15 is 0 Å². The van der Waals surface area contributed by atoms with E-state index in [9.17, 15) is 4.79 Å². The van der Waals surface area contributed by atoms with Crippen molar-refractivity contribution in [3.05, 3.63) is 0 Å². The third-order valence-corrected chi connectivity index (χ3v) is 0.963. The molecule has 0 unspecified atom stereocenters. The quantitative estimate of drug-likeness (QED) is 0.432. The van der Waals surface area contributed by atoms with E-state index in [1.54, 1.807) is 6.92 Å². The fourth-order valence-electron chi connectivity index (χ4n) is 0.354. The molecule has 0 heterocycles. The summed E-state index contributed by atoms with van der Waals surface area (Å²) in [7, 11) is 0. The minimum absolute atomic E-state index is 0.0810. The van der Waals surface area contributed by atoms with Crippen LogP contribution in [0, 0.1) is 11.8 Å². The molecule has 61 valence electrons. The third kappa shape index (κ3) is 4.40. The topological polar surface area (TPSA) is 50.1 Å². The maximum atomic E-state index is 10.9. The highest BCUT2D eigenvalue weighted by molar-refractivity contribution is 5.79. The second kappa shape index (κ2) is 3.99. The van der Waals surface area contributed by atoms with E-state index in [2.05, 4.69) is 16.6 Å². The Kier molecular flexibility index (Phi) is 3.63. The van der Waals surface area contributed by atoms with Crippen LogP contribution in [0.2, 0.25) is 0 Å². The fraction of sp³-hybridized carbons (Fsp3) is 0.625. The number of hydrogen-bond acceptors (Lipinski definition) is 2. The summed E-state index contributed by atoms with van der Waals surface area (Å²) in [5.74, 6) is 4.62. The second-order valence-corrected chi connectivity index (χ2v) is 2.63. The third-order valence-electron chi connectivity index (χ3n) is 0.963. The summed E-state index contributed by atoms with van der Waals surface area (Å²) < 4.78 is 4.65. The second-order valence-electron chi connectivity index (χ2n) is 2.63. The molecule has 0 aliphatic carbocycles. The van der Waals surface area contributed by atoms with Crippen molar-refractivity contribution in [1.82, 2.24) is 5.73 Å². The van der Waals surface area contributed by atoms with E-state index in [4.69, 9.17) is 5.73 Å². The normalized spacial score (nSPS) is 9.82. The SMILES string of the molecule is CC#CCOC(=O)C(C)(C)[NH]. The summed E-state index contributed by atoms with van der Waals surface area (Å²) in [6.45, 7) is 4.71. The largest absolute Gasteiger partial charge is 0.451 e. The highest BCUT2D eigenvalue weighted by Crippen LogP contribution is 2.01. The molecular weight excluding hydrogens is 142 g/mol. The number of rotatable bonds is 2. The first-order valence-corrected chi connectivity index (χ1v) is 3.30. The lowest BCUT2D eigenvalue weighted by Gasteiger charge is -2.13. The van der Waals surface area contributed by atoms with Gasteiger partial charge in [-0.1, -0.05) is 5.92 Å². The van der Waals surface area contributed by atoms with Crippen molar-refractivity contribution in [2.75, 3.05) is 6.61 Å². The molecule has 0 rings (SSSR count). The molecule has 1 radical (unpaired) electrons. The van der Waals surface area contributed by atoms with Crippen molar-refractivity contribution in [2.24, 2.45) is 0 Å². The number of carbonyl (C=O) groups excluding carboxylic acids is 1. The van der Waals surface area contributed by atoms with Crippen LogP contribution in [0.4, 0.5) is 0 Å². The number of ether oxygens (including phenoxy) is 1. The van der Waals surface area contributed by atoms with Crippen LogP contribution >= 0.6 is 0 Å². The average molecular weight is 154 g/mol. The molecule has 0 atom stereocenters. The molecule has 0 bridgehead atoms. The van der Waals surface area contributed by atoms with Crippen molar-refractivity contribution in [3.63, 3.8) is 0 Å². The van der Waals surface area contributed by atoms with Gasteiger partial charge in [-0.3, -0.25) is 0 Å². The Balaban J connectivity index is 3.77. The zero-order valence-corrected chi connectivity index (χ0v) is 7.02. The van der Waals surface area contributed by atoms with Gasteiger partial charge in [0.25, 0.3) is 0 Å². The highest BCUT2D eigenvalue weighted by atomic mass is 16.5. The van der Waals surface area contributed by atoms with Crippen molar-refractivity contribution < 1.29 is 9.53 Å². The first-order chi connectivity index (χ1) is 4.98. The van der Waals surface area contributed by atoms with Crippen LogP contribution in [-0.2, 0) is 9.53 Å². The van der Waals surface area contributed by atoms with E-state index in [0.29, 0.717) is 0 Å². The lowest BCUT2D eigenvalue weighted by molar-refractivity contribution is -0.147. The molecule has 3 nitrogen and oxygen atoms in total. The summed E-state index contributed by atoms with van der Waals surface area (Å²) in [5.41, 5.74) is 6.08. The zero-order chi connectivity index (χ0) is 8.91. The molecule has 0 aliphatic rings. The van der Waals surface area contributed by atoms with Crippen LogP contribution < -0.4 is 5.73 Å². The van der Waals surface area contributed by atoms with Gasteiger partial charge in [0.2, 0.25) is 0 Å². The Morgan fingerprint density at radius 2 is 2.18 bits per heavy atom. The van der Waals surface area contributed by atoms with Crippen LogP contribution in [0.5, 0.6) is 0 Å². The molecule has 0 aromatic heterocycles. The maximum absolute atomic E-state index is 10.9.